The van der Waals surface area contributed by atoms with Gasteiger partial charge in [0.1, 0.15) is 0 Å². The quantitative estimate of drug-likeness (QED) is 0.901. The smallest absolute Gasteiger partial charge is 0.321 e. The molecule has 0 unspecified atom stereocenters. The number of hydrogen-bond donors (Lipinski definition) is 2. The Morgan fingerprint density at radius 1 is 1.26 bits per heavy atom. The Bertz CT molecular complexity index is 576. The topological polar surface area (TPSA) is 66.9 Å². The maximum atomic E-state index is 11.6. The molecule has 0 saturated heterocycles. The highest BCUT2D eigenvalue weighted by atomic mass is 79.9. The lowest BCUT2D eigenvalue weighted by Crippen LogP contribution is -2.29. The average Bonchev–Trinajstić information content (AvgIpc) is 2.40. The van der Waals surface area contributed by atoms with E-state index >= 15 is 0 Å². The predicted molar refractivity (Wildman–Crippen MR) is 77.0 cm³/mol. The van der Waals surface area contributed by atoms with Crippen LogP contribution >= 0.6 is 27.5 Å². The first-order valence-corrected chi connectivity index (χ1v) is 6.58. The van der Waals surface area contributed by atoms with Crippen molar-refractivity contribution in [2.75, 3.05) is 5.32 Å². The van der Waals surface area contributed by atoms with E-state index in [0.717, 1.165) is 10.0 Å². The molecule has 2 amide bonds. The number of carbonyl (C=O) groups is 1. The number of nitrogens with zero attached hydrogens (tertiary/aromatic N) is 2. The van der Waals surface area contributed by atoms with Gasteiger partial charge >= 0.3 is 6.03 Å². The summed E-state index contributed by atoms with van der Waals surface area (Å²) in [4.78, 5) is 19.5. The fourth-order valence-electron chi connectivity index (χ4n) is 1.34. The summed E-state index contributed by atoms with van der Waals surface area (Å²) >= 11 is 9.20. The van der Waals surface area contributed by atoms with E-state index in [-0.39, 0.29) is 12.0 Å². The molecule has 2 rings (SSSR count). The lowest BCUT2D eigenvalue weighted by molar-refractivity contribution is 0.251. The number of nitrogens with one attached hydrogen (secondary N) is 2. The third kappa shape index (κ3) is 4.18. The predicted octanol–water partition coefficient (Wildman–Crippen LogP) is 3.21. The van der Waals surface area contributed by atoms with Gasteiger partial charge in [0.2, 0.25) is 5.95 Å². The summed E-state index contributed by atoms with van der Waals surface area (Å²) in [6, 6.07) is 6.93. The molecule has 0 atom stereocenters. The molecule has 2 N–H and O–H groups in total. The van der Waals surface area contributed by atoms with Gasteiger partial charge in [-0.1, -0.05) is 29.8 Å². The molecule has 0 spiro atoms. The second-order valence-electron chi connectivity index (χ2n) is 3.62. The number of hydrogen-bond acceptors (Lipinski definition) is 3. The van der Waals surface area contributed by atoms with Crippen molar-refractivity contribution in [2.24, 2.45) is 0 Å². The van der Waals surface area contributed by atoms with Crippen LogP contribution < -0.4 is 10.6 Å². The van der Waals surface area contributed by atoms with E-state index in [0.29, 0.717) is 11.6 Å². The van der Waals surface area contributed by atoms with Gasteiger partial charge in [0.05, 0.1) is 4.47 Å². The molecular weight excluding hydrogens is 332 g/mol. The first kappa shape index (κ1) is 13.8. The number of aromatic nitrogens is 2. The number of carbonyl (C=O) groups excluding carboxylic acids is 1. The van der Waals surface area contributed by atoms with Gasteiger partial charge in [0, 0.05) is 24.0 Å². The summed E-state index contributed by atoms with van der Waals surface area (Å²) in [6.07, 6.45) is 3.10. The van der Waals surface area contributed by atoms with E-state index in [1.165, 1.54) is 0 Å². The van der Waals surface area contributed by atoms with Crippen LogP contribution in [-0.4, -0.2) is 16.0 Å². The number of halogens is 2. The summed E-state index contributed by atoms with van der Waals surface area (Å²) in [5, 5.41) is 5.81. The lowest BCUT2D eigenvalue weighted by Gasteiger charge is -2.07. The van der Waals surface area contributed by atoms with Crippen molar-refractivity contribution in [3.8, 4) is 0 Å². The molecule has 2 aromatic rings. The Hall–Kier alpha value is -1.66. The highest BCUT2D eigenvalue weighted by molar-refractivity contribution is 9.10. The molecule has 0 bridgehead atoms. The van der Waals surface area contributed by atoms with Crippen LogP contribution in [0.15, 0.2) is 41.1 Å². The number of amides is 2. The van der Waals surface area contributed by atoms with Crippen molar-refractivity contribution in [1.29, 1.82) is 0 Å². The van der Waals surface area contributed by atoms with Crippen molar-refractivity contribution in [2.45, 2.75) is 6.54 Å². The van der Waals surface area contributed by atoms with Gasteiger partial charge in [-0.25, -0.2) is 14.8 Å². The van der Waals surface area contributed by atoms with Crippen LogP contribution in [0, 0.1) is 0 Å². The Morgan fingerprint density at radius 3 is 2.63 bits per heavy atom. The molecule has 1 heterocycles. The van der Waals surface area contributed by atoms with Crippen LogP contribution in [0.1, 0.15) is 5.56 Å². The van der Waals surface area contributed by atoms with Gasteiger partial charge in [-0.3, -0.25) is 5.32 Å². The van der Waals surface area contributed by atoms with Crippen LogP contribution in [0.2, 0.25) is 5.02 Å². The number of urea groups is 1. The molecule has 0 saturated carbocycles. The van der Waals surface area contributed by atoms with E-state index < -0.39 is 0 Å². The molecule has 19 heavy (non-hydrogen) atoms. The fourth-order valence-corrected chi connectivity index (χ4v) is 1.75. The molecule has 98 valence electrons. The normalized spacial score (nSPS) is 10.0. The van der Waals surface area contributed by atoms with Gasteiger partial charge in [0.15, 0.2) is 0 Å². The molecule has 0 fully saturated rings. The van der Waals surface area contributed by atoms with Gasteiger partial charge in [0.25, 0.3) is 0 Å². The van der Waals surface area contributed by atoms with E-state index in [9.17, 15) is 4.79 Å². The highest BCUT2D eigenvalue weighted by Crippen LogP contribution is 2.14. The standard InChI is InChI=1S/C12H10BrClN4O/c13-9-6-15-11(16-7-9)18-12(19)17-5-8-3-1-2-4-10(8)14/h1-4,6-7H,5H2,(H2,15,16,17,18,19). The van der Waals surface area contributed by atoms with Crippen LogP contribution in [0.3, 0.4) is 0 Å². The summed E-state index contributed by atoms with van der Waals surface area (Å²) in [7, 11) is 0. The van der Waals surface area contributed by atoms with Gasteiger partial charge in [-0.2, -0.15) is 0 Å². The number of anilines is 1. The molecular formula is C12H10BrClN4O. The zero-order valence-corrected chi connectivity index (χ0v) is 12.1. The maximum absolute atomic E-state index is 11.6. The van der Waals surface area contributed by atoms with Crippen molar-refractivity contribution in [1.82, 2.24) is 15.3 Å². The third-order valence-electron chi connectivity index (χ3n) is 2.24. The van der Waals surface area contributed by atoms with Gasteiger partial charge in [-0.05, 0) is 27.6 Å². The lowest BCUT2D eigenvalue weighted by atomic mass is 10.2. The monoisotopic (exact) mass is 340 g/mol. The largest absolute Gasteiger partial charge is 0.334 e. The summed E-state index contributed by atoms with van der Waals surface area (Å²) in [5.74, 6) is 0.236. The van der Waals surface area contributed by atoms with E-state index in [1.54, 1.807) is 18.5 Å². The molecule has 1 aromatic heterocycles. The number of benzene rings is 1. The Kier molecular flexibility index (Phi) is 4.70. The van der Waals surface area contributed by atoms with Gasteiger partial charge < -0.3 is 5.32 Å². The van der Waals surface area contributed by atoms with Crippen molar-refractivity contribution in [3.63, 3.8) is 0 Å². The zero-order chi connectivity index (χ0) is 13.7. The van der Waals surface area contributed by atoms with Crippen LogP contribution in [-0.2, 0) is 6.54 Å². The van der Waals surface area contributed by atoms with E-state index in [1.807, 2.05) is 18.2 Å². The van der Waals surface area contributed by atoms with Crippen molar-refractivity contribution < 1.29 is 4.79 Å². The highest BCUT2D eigenvalue weighted by Gasteiger charge is 2.05. The molecule has 0 aliphatic rings. The molecule has 0 radical (unpaired) electrons. The second kappa shape index (κ2) is 6.49. The average molecular weight is 342 g/mol. The Balaban J connectivity index is 1.88. The fraction of sp³-hybridized carbons (Fsp3) is 0.0833. The van der Waals surface area contributed by atoms with E-state index in [4.69, 9.17) is 11.6 Å². The van der Waals surface area contributed by atoms with E-state index in [2.05, 4.69) is 36.5 Å². The molecule has 0 aliphatic heterocycles. The summed E-state index contributed by atoms with van der Waals surface area (Å²) in [6.45, 7) is 0.335. The molecule has 0 aliphatic carbocycles. The Labute approximate surface area is 123 Å². The van der Waals surface area contributed by atoms with Crippen molar-refractivity contribution >= 4 is 39.5 Å². The van der Waals surface area contributed by atoms with Crippen LogP contribution in [0.25, 0.3) is 0 Å². The van der Waals surface area contributed by atoms with Crippen molar-refractivity contribution in [3.05, 3.63) is 51.7 Å². The summed E-state index contributed by atoms with van der Waals surface area (Å²) < 4.78 is 0.745. The third-order valence-corrected chi connectivity index (χ3v) is 3.02. The zero-order valence-electron chi connectivity index (χ0n) is 9.73. The van der Waals surface area contributed by atoms with Crippen LogP contribution in [0.5, 0.6) is 0 Å². The van der Waals surface area contributed by atoms with Gasteiger partial charge in [-0.15, -0.1) is 0 Å². The second-order valence-corrected chi connectivity index (χ2v) is 4.95. The molecule has 5 nitrogen and oxygen atoms in total. The number of rotatable bonds is 3. The molecule has 1 aromatic carbocycles. The summed E-state index contributed by atoms with van der Waals surface area (Å²) in [5.41, 5.74) is 0.844. The minimum absolute atomic E-state index is 0.236. The minimum Gasteiger partial charge on any atom is -0.334 e. The Morgan fingerprint density at radius 2 is 1.95 bits per heavy atom. The minimum atomic E-state index is -0.387. The molecule has 7 heteroatoms. The SMILES string of the molecule is O=C(NCc1ccccc1Cl)Nc1ncc(Br)cn1. The first-order valence-electron chi connectivity index (χ1n) is 5.41. The van der Waals surface area contributed by atoms with Crippen LogP contribution in [0.4, 0.5) is 10.7 Å². The first-order chi connectivity index (χ1) is 9.15. The maximum Gasteiger partial charge on any atom is 0.321 e.